The Kier molecular flexibility index (Phi) is 4.55. The highest BCUT2D eigenvalue weighted by atomic mass is 19.4. The topological polar surface area (TPSA) is 30.7 Å². The highest BCUT2D eigenvalue weighted by molar-refractivity contribution is 5.96. The van der Waals surface area contributed by atoms with Gasteiger partial charge in [0.25, 0.3) is 0 Å². The van der Waals surface area contributed by atoms with Crippen molar-refractivity contribution in [1.29, 1.82) is 0 Å². The molecule has 0 saturated heterocycles. The lowest BCUT2D eigenvalue weighted by atomic mass is 10.0. The SMILES string of the molecule is FC(F)(F)c1cc(-c2ccccc2)nc2c1c(-c1ccccc1)nn2-c1ccccc1. The van der Waals surface area contributed by atoms with E-state index in [0.717, 1.165) is 6.07 Å². The fourth-order valence-corrected chi connectivity index (χ4v) is 3.64. The number of alkyl halides is 3. The van der Waals surface area contributed by atoms with Crippen LogP contribution in [0, 0.1) is 0 Å². The van der Waals surface area contributed by atoms with E-state index in [9.17, 15) is 13.2 Å². The van der Waals surface area contributed by atoms with E-state index >= 15 is 0 Å². The van der Waals surface area contributed by atoms with Crippen LogP contribution in [0.4, 0.5) is 13.2 Å². The lowest BCUT2D eigenvalue weighted by molar-refractivity contribution is -0.136. The molecule has 2 heterocycles. The van der Waals surface area contributed by atoms with Crippen LogP contribution in [0.2, 0.25) is 0 Å². The highest BCUT2D eigenvalue weighted by Crippen LogP contribution is 2.41. The summed E-state index contributed by atoms with van der Waals surface area (Å²) in [6, 6.07) is 27.9. The molecule has 5 aromatic rings. The number of aromatic nitrogens is 3. The molecule has 0 saturated carbocycles. The van der Waals surface area contributed by atoms with Crippen LogP contribution < -0.4 is 0 Å². The van der Waals surface area contributed by atoms with E-state index in [1.807, 2.05) is 30.3 Å². The molecule has 0 radical (unpaired) electrons. The summed E-state index contributed by atoms with van der Waals surface area (Å²) < 4.78 is 44.3. The highest BCUT2D eigenvalue weighted by Gasteiger charge is 2.36. The second-order valence-corrected chi connectivity index (χ2v) is 7.08. The minimum absolute atomic E-state index is 0.0118. The van der Waals surface area contributed by atoms with Gasteiger partial charge < -0.3 is 0 Å². The summed E-state index contributed by atoms with van der Waals surface area (Å²) in [4.78, 5) is 4.64. The van der Waals surface area contributed by atoms with Crippen molar-refractivity contribution < 1.29 is 13.2 Å². The predicted octanol–water partition coefficient (Wildman–Crippen LogP) is 6.77. The minimum Gasteiger partial charge on any atom is -0.228 e. The number of nitrogens with zero attached hydrogens (tertiary/aromatic N) is 3. The average molecular weight is 415 g/mol. The van der Waals surface area contributed by atoms with Gasteiger partial charge in [-0.15, -0.1) is 0 Å². The van der Waals surface area contributed by atoms with Gasteiger partial charge in [-0.3, -0.25) is 0 Å². The summed E-state index contributed by atoms with van der Waals surface area (Å²) >= 11 is 0. The summed E-state index contributed by atoms with van der Waals surface area (Å²) in [5.41, 5.74) is 1.76. The summed E-state index contributed by atoms with van der Waals surface area (Å²) in [6.45, 7) is 0. The van der Waals surface area contributed by atoms with Crippen LogP contribution in [0.1, 0.15) is 5.56 Å². The van der Waals surface area contributed by atoms with Crippen LogP contribution >= 0.6 is 0 Å². The molecule has 6 heteroatoms. The Labute approximate surface area is 176 Å². The molecule has 0 unspecified atom stereocenters. The lowest BCUT2D eigenvalue weighted by Gasteiger charge is -2.12. The van der Waals surface area contributed by atoms with Gasteiger partial charge in [-0.1, -0.05) is 78.9 Å². The smallest absolute Gasteiger partial charge is 0.228 e. The molecule has 0 aliphatic heterocycles. The number of hydrogen-bond acceptors (Lipinski definition) is 2. The molecule has 2 aromatic heterocycles. The van der Waals surface area contributed by atoms with Gasteiger partial charge in [0.2, 0.25) is 0 Å². The number of benzene rings is 3. The Morgan fingerprint density at radius 3 is 1.81 bits per heavy atom. The lowest BCUT2D eigenvalue weighted by Crippen LogP contribution is -2.08. The van der Waals surface area contributed by atoms with Gasteiger partial charge in [0.05, 0.1) is 22.3 Å². The number of rotatable bonds is 3. The molecule has 0 N–H and O–H groups in total. The largest absolute Gasteiger partial charge is 0.417 e. The van der Waals surface area contributed by atoms with E-state index in [1.54, 1.807) is 60.7 Å². The number of fused-ring (bicyclic) bond motifs is 1. The zero-order valence-electron chi connectivity index (χ0n) is 16.2. The van der Waals surface area contributed by atoms with Gasteiger partial charge in [0.15, 0.2) is 5.65 Å². The van der Waals surface area contributed by atoms with Crippen molar-refractivity contribution in [3.8, 4) is 28.2 Å². The Morgan fingerprint density at radius 2 is 1.23 bits per heavy atom. The first-order valence-electron chi connectivity index (χ1n) is 9.69. The van der Waals surface area contributed by atoms with Gasteiger partial charge in [-0.2, -0.15) is 18.3 Å². The maximum atomic E-state index is 14.3. The summed E-state index contributed by atoms with van der Waals surface area (Å²) in [6.07, 6.45) is -4.57. The van der Waals surface area contributed by atoms with Crippen LogP contribution in [-0.2, 0) is 6.18 Å². The van der Waals surface area contributed by atoms with Crippen LogP contribution in [0.5, 0.6) is 0 Å². The third kappa shape index (κ3) is 3.46. The summed E-state index contributed by atoms with van der Waals surface area (Å²) in [7, 11) is 0. The van der Waals surface area contributed by atoms with Crippen LogP contribution in [-0.4, -0.2) is 14.8 Å². The Morgan fingerprint density at radius 1 is 0.677 bits per heavy atom. The van der Waals surface area contributed by atoms with Crippen molar-refractivity contribution in [2.45, 2.75) is 6.18 Å². The standard InChI is InChI=1S/C25H16F3N3/c26-25(27,28)20-16-21(17-10-4-1-5-11-17)29-24-22(20)23(18-12-6-2-7-13-18)30-31(24)19-14-8-3-9-15-19/h1-16H. The van der Waals surface area contributed by atoms with Crippen molar-refractivity contribution in [2.24, 2.45) is 0 Å². The molecule has 0 aliphatic carbocycles. The van der Waals surface area contributed by atoms with E-state index in [1.165, 1.54) is 4.68 Å². The van der Waals surface area contributed by atoms with E-state index in [0.29, 0.717) is 16.8 Å². The first kappa shape index (κ1) is 19.1. The van der Waals surface area contributed by atoms with Crippen molar-refractivity contribution in [2.75, 3.05) is 0 Å². The minimum atomic E-state index is -4.57. The molecule has 5 rings (SSSR count). The maximum Gasteiger partial charge on any atom is 0.417 e. The van der Waals surface area contributed by atoms with E-state index in [2.05, 4.69) is 10.1 Å². The van der Waals surface area contributed by atoms with E-state index in [-0.39, 0.29) is 22.4 Å². The summed E-state index contributed by atoms with van der Waals surface area (Å²) in [5, 5.41) is 4.58. The fraction of sp³-hybridized carbons (Fsp3) is 0.0400. The molecule has 0 fully saturated rings. The molecular weight excluding hydrogens is 399 g/mol. The molecule has 0 amide bonds. The molecule has 0 atom stereocenters. The number of hydrogen-bond donors (Lipinski definition) is 0. The number of para-hydroxylation sites is 1. The van der Waals surface area contributed by atoms with Crippen molar-refractivity contribution in [3.63, 3.8) is 0 Å². The Hall–Kier alpha value is -3.93. The van der Waals surface area contributed by atoms with Crippen LogP contribution in [0.25, 0.3) is 39.2 Å². The van der Waals surface area contributed by atoms with Crippen LogP contribution in [0.3, 0.4) is 0 Å². The molecule has 0 bridgehead atoms. The zero-order valence-corrected chi connectivity index (χ0v) is 16.2. The van der Waals surface area contributed by atoms with Crippen molar-refractivity contribution in [3.05, 3.63) is 103 Å². The van der Waals surface area contributed by atoms with Crippen LogP contribution in [0.15, 0.2) is 97.1 Å². The molecule has 0 spiro atoms. The van der Waals surface area contributed by atoms with Gasteiger partial charge in [-0.25, -0.2) is 9.67 Å². The third-order valence-corrected chi connectivity index (χ3v) is 5.06. The second-order valence-electron chi connectivity index (χ2n) is 7.08. The molecule has 3 aromatic carbocycles. The number of halogens is 3. The van der Waals surface area contributed by atoms with Gasteiger partial charge >= 0.3 is 6.18 Å². The Bertz CT molecular complexity index is 1340. The second kappa shape index (κ2) is 7.40. The van der Waals surface area contributed by atoms with Gasteiger partial charge in [0, 0.05) is 11.1 Å². The maximum absolute atomic E-state index is 14.3. The molecule has 31 heavy (non-hydrogen) atoms. The van der Waals surface area contributed by atoms with Crippen molar-refractivity contribution in [1.82, 2.24) is 14.8 Å². The number of pyridine rings is 1. The predicted molar refractivity (Wildman–Crippen MR) is 115 cm³/mol. The van der Waals surface area contributed by atoms with E-state index in [4.69, 9.17) is 0 Å². The fourth-order valence-electron chi connectivity index (χ4n) is 3.64. The monoisotopic (exact) mass is 415 g/mol. The average Bonchev–Trinajstić information content (AvgIpc) is 3.19. The van der Waals surface area contributed by atoms with E-state index < -0.39 is 11.7 Å². The first-order valence-corrected chi connectivity index (χ1v) is 9.69. The molecule has 0 aliphatic rings. The molecule has 152 valence electrons. The van der Waals surface area contributed by atoms with Crippen molar-refractivity contribution >= 4 is 11.0 Å². The van der Waals surface area contributed by atoms with Gasteiger partial charge in [0.1, 0.15) is 5.69 Å². The third-order valence-electron chi connectivity index (χ3n) is 5.06. The quantitative estimate of drug-likeness (QED) is 0.325. The normalized spacial score (nSPS) is 11.7. The molecular formula is C25H16F3N3. The molecule has 3 nitrogen and oxygen atoms in total. The Balaban J connectivity index is 1.91. The first-order chi connectivity index (χ1) is 15.0. The zero-order chi connectivity index (χ0) is 21.4. The van der Waals surface area contributed by atoms with Gasteiger partial charge in [-0.05, 0) is 18.2 Å². The summed E-state index contributed by atoms with van der Waals surface area (Å²) in [5.74, 6) is 0.